The van der Waals surface area contributed by atoms with E-state index in [1.165, 1.54) is 24.3 Å². The van der Waals surface area contributed by atoms with Crippen LogP contribution in [0.15, 0.2) is 64.4 Å². The van der Waals surface area contributed by atoms with Crippen molar-refractivity contribution in [2.75, 3.05) is 4.31 Å². The van der Waals surface area contributed by atoms with E-state index >= 15 is 0 Å². The van der Waals surface area contributed by atoms with Crippen molar-refractivity contribution >= 4 is 26.4 Å². The van der Waals surface area contributed by atoms with Gasteiger partial charge in [-0.3, -0.25) is 0 Å². The summed E-state index contributed by atoms with van der Waals surface area (Å²) in [6, 6.07) is 9.98. The standard InChI is InChI=1S/C13H10F3NO4S2/c14-13(15,16)17(11-8-4-5-9-12(11)22(18)19)23(20,21)10-6-2-1-3-7-10/h1-9,22H. The number of anilines is 1. The zero-order valence-corrected chi connectivity index (χ0v) is 13.0. The number of thiol groups is 1. The molecule has 0 spiro atoms. The summed E-state index contributed by atoms with van der Waals surface area (Å²) < 4.78 is 86.4. The number of hydrogen-bond donors (Lipinski definition) is 1. The Hall–Kier alpha value is -2.07. The average Bonchev–Trinajstić information content (AvgIpc) is 2.47. The number of sulfonamides is 1. The molecular formula is C13H10F3NO4S2. The number of rotatable bonds is 4. The molecule has 0 aliphatic heterocycles. The van der Waals surface area contributed by atoms with Crippen LogP contribution in [0.25, 0.3) is 0 Å². The molecule has 0 saturated heterocycles. The minimum atomic E-state index is -5.34. The van der Waals surface area contributed by atoms with Gasteiger partial charge in [0.2, 0.25) is 0 Å². The number of para-hydroxylation sites is 1. The Balaban J connectivity index is 2.75. The first-order valence-electron chi connectivity index (χ1n) is 6.06. The van der Waals surface area contributed by atoms with Gasteiger partial charge in [0.1, 0.15) is 0 Å². The van der Waals surface area contributed by atoms with Crippen LogP contribution in [0.2, 0.25) is 0 Å². The molecule has 124 valence electrons. The van der Waals surface area contributed by atoms with Gasteiger partial charge in [-0.1, -0.05) is 30.3 Å². The maximum absolute atomic E-state index is 13.4. The molecule has 5 nitrogen and oxygen atoms in total. The summed E-state index contributed by atoms with van der Waals surface area (Å²) in [6.45, 7) is 0. The summed E-state index contributed by atoms with van der Waals surface area (Å²) in [5.74, 6) is 0. The Morgan fingerprint density at radius 2 is 1.39 bits per heavy atom. The predicted molar refractivity (Wildman–Crippen MR) is 77.2 cm³/mol. The lowest BCUT2D eigenvalue weighted by Gasteiger charge is -2.27. The molecule has 0 bridgehead atoms. The molecule has 0 saturated carbocycles. The van der Waals surface area contributed by atoms with Crippen LogP contribution in [-0.4, -0.2) is 23.1 Å². The molecule has 0 aliphatic carbocycles. The molecule has 0 unspecified atom stereocenters. The molecule has 0 heterocycles. The molecule has 23 heavy (non-hydrogen) atoms. The van der Waals surface area contributed by atoms with E-state index in [0.29, 0.717) is 0 Å². The highest BCUT2D eigenvalue weighted by atomic mass is 32.2. The second kappa shape index (κ2) is 6.20. The first-order valence-corrected chi connectivity index (χ1v) is 8.68. The van der Waals surface area contributed by atoms with Crippen molar-refractivity contribution in [1.29, 1.82) is 0 Å². The van der Waals surface area contributed by atoms with Crippen LogP contribution in [0.3, 0.4) is 0 Å². The van der Waals surface area contributed by atoms with Crippen LogP contribution >= 0.6 is 0 Å². The highest BCUT2D eigenvalue weighted by Gasteiger charge is 2.47. The fourth-order valence-electron chi connectivity index (χ4n) is 1.89. The molecule has 0 atom stereocenters. The van der Waals surface area contributed by atoms with Gasteiger partial charge in [-0.05, 0) is 24.3 Å². The molecule has 0 aliphatic rings. The van der Waals surface area contributed by atoms with Crippen molar-refractivity contribution in [3.63, 3.8) is 0 Å². The molecule has 0 radical (unpaired) electrons. The van der Waals surface area contributed by atoms with Crippen molar-refractivity contribution in [2.45, 2.75) is 16.1 Å². The fourth-order valence-corrected chi connectivity index (χ4v) is 3.93. The molecule has 2 aromatic rings. The van der Waals surface area contributed by atoms with Crippen molar-refractivity contribution in [3.8, 4) is 0 Å². The maximum Gasteiger partial charge on any atom is 0.498 e. The van der Waals surface area contributed by atoms with Crippen LogP contribution < -0.4 is 4.31 Å². The van der Waals surface area contributed by atoms with Crippen LogP contribution in [0.1, 0.15) is 0 Å². The fraction of sp³-hybridized carbons (Fsp3) is 0.0769. The minimum Gasteiger partial charge on any atom is -0.227 e. The average molecular weight is 365 g/mol. The zero-order chi connectivity index (χ0) is 17.3. The summed E-state index contributed by atoms with van der Waals surface area (Å²) in [7, 11) is -8.45. The van der Waals surface area contributed by atoms with Crippen molar-refractivity contribution in [3.05, 3.63) is 54.6 Å². The third kappa shape index (κ3) is 3.48. The second-order valence-electron chi connectivity index (χ2n) is 4.30. The van der Waals surface area contributed by atoms with Crippen LogP contribution in [0.4, 0.5) is 18.9 Å². The highest BCUT2D eigenvalue weighted by molar-refractivity contribution is 7.93. The zero-order valence-electron chi connectivity index (χ0n) is 11.3. The van der Waals surface area contributed by atoms with E-state index in [1.807, 2.05) is 0 Å². The van der Waals surface area contributed by atoms with E-state index in [9.17, 15) is 30.0 Å². The van der Waals surface area contributed by atoms with Crippen molar-refractivity contribution in [1.82, 2.24) is 0 Å². The first-order chi connectivity index (χ1) is 10.7. The quantitative estimate of drug-likeness (QED) is 0.667. The largest absolute Gasteiger partial charge is 0.498 e. The van der Waals surface area contributed by atoms with Crippen LogP contribution in [0.5, 0.6) is 0 Å². The second-order valence-corrected chi connectivity index (χ2v) is 7.08. The van der Waals surface area contributed by atoms with Gasteiger partial charge in [0.05, 0.1) is 15.5 Å². The van der Waals surface area contributed by atoms with Gasteiger partial charge >= 0.3 is 6.30 Å². The van der Waals surface area contributed by atoms with E-state index in [2.05, 4.69) is 0 Å². The Morgan fingerprint density at radius 3 is 1.91 bits per heavy atom. The molecular weight excluding hydrogens is 355 g/mol. The van der Waals surface area contributed by atoms with E-state index in [-0.39, 0.29) is 0 Å². The Kier molecular flexibility index (Phi) is 4.66. The third-order valence-corrected chi connectivity index (χ3v) is 5.33. The highest BCUT2D eigenvalue weighted by Crippen LogP contribution is 2.37. The summed E-state index contributed by atoms with van der Waals surface area (Å²) in [4.78, 5) is -1.34. The minimum absolute atomic E-state index is 0.603. The van der Waals surface area contributed by atoms with Crippen molar-refractivity contribution < 1.29 is 30.0 Å². The van der Waals surface area contributed by atoms with E-state index in [4.69, 9.17) is 0 Å². The van der Waals surface area contributed by atoms with E-state index < -0.39 is 46.8 Å². The summed E-state index contributed by atoms with van der Waals surface area (Å²) >= 11 is 0. The molecule has 10 heteroatoms. The normalized spacial score (nSPS) is 12.3. The summed E-state index contributed by atoms with van der Waals surface area (Å²) in [5, 5.41) is 0. The molecule has 2 rings (SSSR count). The van der Waals surface area contributed by atoms with E-state index in [1.54, 1.807) is 0 Å². The topological polar surface area (TPSA) is 71.5 Å². The monoisotopic (exact) mass is 365 g/mol. The first kappa shape index (κ1) is 17.3. The summed E-state index contributed by atoms with van der Waals surface area (Å²) in [5.41, 5.74) is -0.972. The molecule has 0 fully saturated rings. The molecule has 0 amide bonds. The van der Waals surface area contributed by atoms with Crippen LogP contribution in [-0.2, 0) is 20.7 Å². The maximum atomic E-state index is 13.4. The number of benzene rings is 2. The molecule has 0 aromatic heterocycles. The Labute approximate surface area is 132 Å². The summed E-state index contributed by atoms with van der Waals surface area (Å²) in [6.07, 6.45) is -5.34. The Bertz CT molecular complexity index is 870. The Morgan fingerprint density at radius 1 is 0.870 bits per heavy atom. The van der Waals surface area contributed by atoms with Gasteiger partial charge in [-0.15, -0.1) is 13.2 Å². The molecule has 0 N–H and O–H groups in total. The van der Waals surface area contributed by atoms with Crippen molar-refractivity contribution in [2.24, 2.45) is 0 Å². The number of nitrogens with zero attached hydrogens (tertiary/aromatic N) is 1. The predicted octanol–water partition coefficient (Wildman–Crippen LogP) is 2.37. The number of alkyl halides is 3. The third-order valence-electron chi connectivity index (χ3n) is 2.81. The van der Waals surface area contributed by atoms with Gasteiger partial charge in [0.25, 0.3) is 10.0 Å². The SMILES string of the molecule is O=[SH](=O)c1ccccc1N(C(F)(F)F)S(=O)(=O)c1ccccc1. The van der Waals surface area contributed by atoms with Gasteiger partial charge in [-0.2, -0.15) is 4.31 Å². The smallest absolute Gasteiger partial charge is 0.227 e. The van der Waals surface area contributed by atoms with Crippen LogP contribution in [0, 0.1) is 0 Å². The van der Waals surface area contributed by atoms with Gasteiger partial charge < -0.3 is 0 Å². The van der Waals surface area contributed by atoms with Gasteiger partial charge in [0, 0.05) is 0 Å². The number of halogens is 3. The lowest BCUT2D eigenvalue weighted by atomic mass is 10.3. The lowest BCUT2D eigenvalue weighted by Crippen LogP contribution is -2.43. The number of hydrogen-bond acceptors (Lipinski definition) is 4. The van der Waals surface area contributed by atoms with E-state index in [0.717, 1.165) is 30.3 Å². The van der Waals surface area contributed by atoms with Gasteiger partial charge in [-0.25, -0.2) is 16.8 Å². The van der Waals surface area contributed by atoms with Gasteiger partial charge in [0.15, 0.2) is 10.7 Å². The lowest BCUT2D eigenvalue weighted by molar-refractivity contribution is -0.116. The molecule has 2 aromatic carbocycles.